The number of nitrogens with zero attached hydrogens (tertiary/aromatic N) is 1. The molecular formula is C17H16N2O2. The van der Waals surface area contributed by atoms with Gasteiger partial charge >= 0.3 is 0 Å². The molecule has 1 aromatic heterocycles. The molecule has 0 unspecified atom stereocenters. The average molecular weight is 280 g/mol. The lowest BCUT2D eigenvalue weighted by Gasteiger charge is -2.07. The summed E-state index contributed by atoms with van der Waals surface area (Å²) >= 11 is 0. The highest BCUT2D eigenvalue weighted by Gasteiger charge is 2.07. The molecule has 2 aromatic carbocycles. The van der Waals surface area contributed by atoms with E-state index in [1.165, 1.54) is 6.07 Å². The maximum Gasteiger partial charge on any atom is 0.251 e. The Morgan fingerprint density at radius 2 is 1.95 bits per heavy atom. The largest absolute Gasteiger partial charge is 0.374 e. The Hall–Kier alpha value is -2.46. The molecule has 106 valence electrons. The Balaban J connectivity index is 2.14. The van der Waals surface area contributed by atoms with Gasteiger partial charge in [0, 0.05) is 18.2 Å². The van der Waals surface area contributed by atoms with E-state index in [0.29, 0.717) is 24.7 Å². The predicted molar refractivity (Wildman–Crippen MR) is 83.1 cm³/mol. The SMILES string of the molecule is CCOCc1nc(-c2cccc3ccccc23)cc(=O)[nH]1. The normalized spacial score (nSPS) is 10.9. The van der Waals surface area contributed by atoms with Crippen molar-refractivity contribution in [2.24, 2.45) is 0 Å². The minimum Gasteiger partial charge on any atom is -0.374 e. The minimum absolute atomic E-state index is 0.164. The third-order valence-corrected chi connectivity index (χ3v) is 3.30. The van der Waals surface area contributed by atoms with Gasteiger partial charge < -0.3 is 9.72 Å². The van der Waals surface area contributed by atoms with Crippen LogP contribution in [0.5, 0.6) is 0 Å². The van der Waals surface area contributed by atoms with Crippen molar-refractivity contribution in [3.05, 3.63) is 64.7 Å². The van der Waals surface area contributed by atoms with E-state index >= 15 is 0 Å². The molecule has 0 atom stereocenters. The lowest BCUT2D eigenvalue weighted by atomic mass is 10.0. The second-order valence-corrected chi connectivity index (χ2v) is 4.74. The number of rotatable bonds is 4. The van der Waals surface area contributed by atoms with Gasteiger partial charge in [0.1, 0.15) is 12.4 Å². The van der Waals surface area contributed by atoms with Gasteiger partial charge in [-0.05, 0) is 17.7 Å². The monoisotopic (exact) mass is 280 g/mol. The molecule has 0 bridgehead atoms. The smallest absolute Gasteiger partial charge is 0.251 e. The summed E-state index contributed by atoms with van der Waals surface area (Å²) in [5.41, 5.74) is 1.46. The Kier molecular flexibility index (Phi) is 3.79. The van der Waals surface area contributed by atoms with Gasteiger partial charge in [-0.3, -0.25) is 4.79 Å². The van der Waals surface area contributed by atoms with Gasteiger partial charge in [0.25, 0.3) is 5.56 Å². The number of aromatic nitrogens is 2. The summed E-state index contributed by atoms with van der Waals surface area (Å²) in [6, 6.07) is 15.6. The predicted octanol–water partition coefficient (Wildman–Crippen LogP) is 3.13. The Morgan fingerprint density at radius 3 is 2.81 bits per heavy atom. The topological polar surface area (TPSA) is 55.0 Å². The van der Waals surface area contributed by atoms with Crippen molar-refractivity contribution in [3.63, 3.8) is 0 Å². The van der Waals surface area contributed by atoms with Gasteiger partial charge in [-0.2, -0.15) is 0 Å². The maximum absolute atomic E-state index is 11.8. The molecule has 0 radical (unpaired) electrons. The molecule has 4 heteroatoms. The van der Waals surface area contributed by atoms with Gasteiger partial charge in [-0.1, -0.05) is 42.5 Å². The number of benzene rings is 2. The summed E-state index contributed by atoms with van der Waals surface area (Å²) in [7, 11) is 0. The Bertz CT molecular complexity index is 819. The van der Waals surface area contributed by atoms with Crippen molar-refractivity contribution in [2.75, 3.05) is 6.61 Å². The molecule has 1 heterocycles. The van der Waals surface area contributed by atoms with Crippen LogP contribution in [-0.4, -0.2) is 16.6 Å². The van der Waals surface area contributed by atoms with Crippen LogP contribution in [0.1, 0.15) is 12.7 Å². The van der Waals surface area contributed by atoms with E-state index < -0.39 is 0 Å². The molecule has 0 aliphatic heterocycles. The molecule has 0 saturated heterocycles. The molecule has 1 N–H and O–H groups in total. The average Bonchev–Trinajstić information content (AvgIpc) is 2.52. The van der Waals surface area contributed by atoms with E-state index in [-0.39, 0.29) is 5.56 Å². The van der Waals surface area contributed by atoms with Crippen molar-refractivity contribution < 1.29 is 4.74 Å². The fourth-order valence-electron chi connectivity index (χ4n) is 2.36. The van der Waals surface area contributed by atoms with Crippen LogP contribution in [0.4, 0.5) is 0 Å². The first-order valence-corrected chi connectivity index (χ1v) is 6.94. The summed E-state index contributed by atoms with van der Waals surface area (Å²) in [5.74, 6) is 0.548. The Morgan fingerprint density at radius 1 is 1.14 bits per heavy atom. The van der Waals surface area contributed by atoms with Crippen LogP contribution in [0.2, 0.25) is 0 Å². The fourth-order valence-corrected chi connectivity index (χ4v) is 2.36. The highest BCUT2D eigenvalue weighted by molar-refractivity contribution is 5.95. The van der Waals surface area contributed by atoms with Crippen LogP contribution in [0, 0.1) is 0 Å². The number of hydrogen-bond donors (Lipinski definition) is 1. The van der Waals surface area contributed by atoms with Gasteiger partial charge in [0.05, 0.1) is 5.69 Å². The van der Waals surface area contributed by atoms with Crippen molar-refractivity contribution in [1.29, 1.82) is 0 Å². The number of ether oxygens (including phenoxy) is 1. The van der Waals surface area contributed by atoms with Gasteiger partial charge in [-0.25, -0.2) is 4.98 Å². The zero-order valence-electron chi connectivity index (χ0n) is 11.8. The quantitative estimate of drug-likeness (QED) is 0.798. The number of aromatic amines is 1. The van der Waals surface area contributed by atoms with Crippen LogP contribution in [0.3, 0.4) is 0 Å². The molecule has 3 aromatic rings. The summed E-state index contributed by atoms with van der Waals surface area (Å²) < 4.78 is 5.32. The molecule has 3 rings (SSSR count). The van der Waals surface area contributed by atoms with Crippen LogP contribution < -0.4 is 5.56 Å². The van der Waals surface area contributed by atoms with E-state index in [9.17, 15) is 4.79 Å². The molecule has 4 nitrogen and oxygen atoms in total. The fraction of sp³-hybridized carbons (Fsp3) is 0.176. The second kappa shape index (κ2) is 5.89. The second-order valence-electron chi connectivity index (χ2n) is 4.74. The number of nitrogens with one attached hydrogen (secondary N) is 1. The standard InChI is InChI=1S/C17H16N2O2/c1-2-21-11-16-18-15(10-17(20)19-16)14-9-5-7-12-6-3-4-8-13(12)14/h3-10H,2,11H2,1H3,(H,18,19,20). The van der Waals surface area contributed by atoms with Gasteiger partial charge in [-0.15, -0.1) is 0 Å². The lowest BCUT2D eigenvalue weighted by molar-refractivity contribution is 0.128. The van der Waals surface area contributed by atoms with Crippen molar-refractivity contribution in [2.45, 2.75) is 13.5 Å². The first-order valence-electron chi connectivity index (χ1n) is 6.94. The zero-order valence-corrected chi connectivity index (χ0v) is 11.8. The summed E-state index contributed by atoms with van der Waals surface area (Å²) in [4.78, 5) is 19.1. The zero-order chi connectivity index (χ0) is 14.7. The molecule has 0 aliphatic rings. The molecule has 0 fully saturated rings. The Labute approximate surface area is 122 Å². The molecule has 0 amide bonds. The van der Waals surface area contributed by atoms with Crippen molar-refractivity contribution >= 4 is 10.8 Å². The molecule has 21 heavy (non-hydrogen) atoms. The molecule has 0 aliphatic carbocycles. The molecular weight excluding hydrogens is 264 g/mol. The summed E-state index contributed by atoms with van der Waals surface area (Å²) in [5, 5.41) is 2.21. The van der Waals surface area contributed by atoms with Crippen LogP contribution >= 0.6 is 0 Å². The van der Waals surface area contributed by atoms with Crippen molar-refractivity contribution in [1.82, 2.24) is 9.97 Å². The van der Waals surface area contributed by atoms with Crippen LogP contribution in [0.15, 0.2) is 53.3 Å². The number of hydrogen-bond acceptors (Lipinski definition) is 3. The first kappa shape index (κ1) is 13.5. The molecule has 0 spiro atoms. The third-order valence-electron chi connectivity index (χ3n) is 3.30. The van der Waals surface area contributed by atoms with Gasteiger partial charge in [0.15, 0.2) is 0 Å². The number of fused-ring (bicyclic) bond motifs is 1. The third kappa shape index (κ3) is 2.85. The van der Waals surface area contributed by atoms with Crippen LogP contribution in [0.25, 0.3) is 22.0 Å². The number of H-pyrrole nitrogens is 1. The maximum atomic E-state index is 11.8. The summed E-state index contributed by atoms with van der Waals surface area (Å²) in [6.07, 6.45) is 0. The van der Waals surface area contributed by atoms with Crippen molar-refractivity contribution in [3.8, 4) is 11.3 Å². The van der Waals surface area contributed by atoms with E-state index in [2.05, 4.69) is 9.97 Å². The van der Waals surface area contributed by atoms with Crippen LogP contribution in [-0.2, 0) is 11.3 Å². The van der Waals surface area contributed by atoms with E-state index in [1.807, 2.05) is 49.4 Å². The van der Waals surface area contributed by atoms with E-state index in [4.69, 9.17) is 4.74 Å². The molecule has 0 saturated carbocycles. The highest BCUT2D eigenvalue weighted by Crippen LogP contribution is 2.26. The van der Waals surface area contributed by atoms with E-state index in [1.54, 1.807) is 0 Å². The lowest BCUT2D eigenvalue weighted by Crippen LogP contribution is -2.12. The summed E-state index contributed by atoms with van der Waals surface area (Å²) in [6.45, 7) is 2.80. The first-order chi connectivity index (χ1) is 10.3. The van der Waals surface area contributed by atoms with Gasteiger partial charge in [0.2, 0.25) is 0 Å². The minimum atomic E-state index is -0.164. The highest BCUT2D eigenvalue weighted by atomic mass is 16.5. The van der Waals surface area contributed by atoms with E-state index in [0.717, 1.165) is 16.3 Å².